The smallest absolute Gasteiger partial charge is 0.409 e. The van der Waals surface area contributed by atoms with Crippen LogP contribution in [0.1, 0.15) is 41.9 Å². The number of ether oxygens (including phenoxy) is 1. The molecule has 2 aromatic carbocycles. The van der Waals surface area contributed by atoms with Crippen LogP contribution in [0.3, 0.4) is 0 Å². The summed E-state index contributed by atoms with van der Waals surface area (Å²) in [5.41, 5.74) is 4.19. The van der Waals surface area contributed by atoms with Crippen LogP contribution in [0.5, 0.6) is 0 Å². The minimum Gasteiger partial charge on any atom is -0.453 e. The SMILES string of the molecule is COC(=O)N1C[C@@H]2c3ccccc3CC[C@@H]2CCC1Cc1ccccc1. The summed E-state index contributed by atoms with van der Waals surface area (Å²) in [5.74, 6) is 1.10. The normalized spacial score (nSPS) is 25.0. The molecule has 2 aromatic rings. The Balaban J connectivity index is 1.63. The number of carbonyl (C=O) groups excluding carboxylic acids is 1. The van der Waals surface area contributed by atoms with Gasteiger partial charge in [0.2, 0.25) is 0 Å². The molecule has 3 nitrogen and oxygen atoms in total. The molecule has 0 aromatic heterocycles. The first-order valence-electron chi connectivity index (χ1n) is 9.72. The molecular weight excluding hydrogens is 322 g/mol. The molecule has 3 atom stereocenters. The van der Waals surface area contributed by atoms with Crippen molar-refractivity contribution in [3.05, 3.63) is 71.3 Å². The van der Waals surface area contributed by atoms with Crippen molar-refractivity contribution in [3.63, 3.8) is 0 Å². The van der Waals surface area contributed by atoms with Gasteiger partial charge in [-0.05, 0) is 54.7 Å². The van der Waals surface area contributed by atoms with Crippen molar-refractivity contribution in [3.8, 4) is 0 Å². The number of benzene rings is 2. The summed E-state index contributed by atoms with van der Waals surface area (Å²) in [6.45, 7) is 0.770. The molecule has 4 rings (SSSR count). The summed E-state index contributed by atoms with van der Waals surface area (Å²) >= 11 is 0. The largest absolute Gasteiger partial charge is 0.453 e. The fourth-order valence-electron chi connectivity index (χ4n) is 4.88. The lowest BCUT2D eigenvalue weighted by Gasteiger charge is -2.35. The van der Waals surface area contributed by atoms with E-state index in [0.29, 0.717) is 11.8 Å². The van der Waals surface area contributed by atoms with E-state index in [9.17, 15) is 4.79 Å². The van der Waals surface area contributed by atoms with Gasteiger partial charge in [-0.25, -0.2) is 4.79 Å². The molecule has 0 bridgehead atoms. The van der Waals surface area contributed by atoms with Gasteiger partial charge in [-0.3, -0.25) is 0 Å². The number of rotatable bonds is 2. The number of amides is 1. The average molecular weight is 349 g/mol. The van der Waals surface area contributed by atoms with Gasteiger partial charge in [0.1, 0.15) is 0 Å². The Morgan fingerprint density at radius 2 is 1.81 bits per heavy atom. The zero-order valence-electron chi connectivity index (χ0n) is 15.4. The van der Waals surface area contributed by atoms with Gasteiger partial charge in [-0.1, -0.05) is 54.6 Å². The van der Waals surface area contributed by atoms with Gasteiger partial charge in [0.15, 0.2) is 0 Å². The quantitative estimate of drug-likeness (QED) is 0.779. The number of likely N-dealkylation sites (tertiary alicyclic amines) is 1. The van der Waals surface area contributed by atoms with Gasteiger partial charge < -0.3 is 9.64 Å². The molecule has 136 valence electrons. The zero-order valence-corrected chi connectivity index (χ0v) is 15.4. The van der Waals surface area contributed by atoms with Gasteiger partial charge in [0.25, 0.3) is 0 Å². The van der Waals surface area contributed by atoms with E-state index in [1.807, 2.05) is 11.0 Å². The van der Waals surface area contributed by atoms with E-state index in [4.69, 9.17) is 4.74 Å². The summed E-state index contributed by atoms with van der Waals surface area (Å²) in [4.78, 5) is 14.6. The Labute approximate surface area is 156 Å². The van der Waals surface area contributed by atoms with Crippen molar-refractivity contribution in [1.29, 1.82) is 0 Å². The van der Waals surface area contributed by atoms with E-state index in [-0.39, 0.29) is 12.1 Å². The molecule has 0 spiro atoms. The average Bonchev–Trinajstić information content (AvgIpc) is 2.88. The first kappa shape index (κ1) is 17.1. The topological polar surface area (TPSA) is 29.5 Å². The Bertz CT molecular complexity index is 758. The zero-order chi connectivity index (χ0) is 17.9. The molecule has 0 radical (unpaired) electrons. The molecular formula is C23H27NO2. The van der Waals surface area contributed by atoms with Crippen LogP contribution in [-0.2, 0) is 17.6 Å². The summed E-state index contributed by atoms with van der Waals surface area (Å²) in [5, 5.41) is 0. The highest BCUT2D eigenvalue weighted by Crippen LogP contribution is 2.42. The third-order valence-electron chi connectivity index (χ3n) is 6.24. The predicted octanol–water partition coefficient (Wildman–Crippen LogP) is 4.81. The van der Waals surface area contributed by atoms with Crippen molar-refractivity contribution in [1.82, 2.24) is 4.90 Å². The molecule has 1 heterocycles. The fourth-order valence-corrected chi connectivity index (χ4v) is 4.88. The minimum atomic E-state index is -0.186. The van der Waals surface area contributed by atoms with Gasteiger partial charge in [0, 0.05) is 18.5 Å². The number of hydrogen-bond donors (Lipinski definition) is 0. The summed E-state index contributed by atoms with van der Waals surface area (Å²) in [6, 6.07) is 19.5. The fraction of sp³-hybridized carbons (Fsp3) is 0.435. The van der Waals surface area contributed by atoms with Crippen LogP contribution in [0.2, 0.25) is 0 Å². The second-order valence-corrected chi connectivity index (χ2v) is 7.65. The number of hydrogen-bond acceptors (Lipinski definition) is 2. The number of carbonyl (C=O) groups is 1. The third-order valence-corrected chi connectivity index (χ3v) is 6.24. The van der Waals surface area contributed by atoms with Crippen molar-refractivity contribution >= 4 is 6.09 Å². The van der Waals surface area contributed by atoms with Crippen LogP contribution in [0.15, 0.2) is 54.6 Å². The Morgan fingerprint density at radius 3 is 2.62 bits per heavy atom. The number of nitrogens with zero attached hydrogens (tertiary/aromatic N) is 1. The molecule has 26 heavy (non-hydrogen) atoms. The Morgan fingerprint density at radius 1 is 1.04 bits per heavy atom. The summed E-state index contributed by atoms with van der Waals surface area (Å²) in [7, 11) is 1.50. The molecule has 3 heteroatoms. The second-order valence-electron chi connectivity index (χ2n) is 7.65. The Kier molecular flexibility index (Phi) is 4.96. The molecule has 1 amide bonds. The predicted molar refractivity (Wildman–Crippen MR) is 103 cm³/mol. The van der Waals surface area contributed by atoms with Gasteiger partial charge in [-0.2, -0.15) is 0 Å². The lowest BCUT2D eigenvalue weighted by Crippen LogP contribution is -2.43. The number of aryl methyl sites for hydroxylation is 1. The molecule has 1 unspecified atom stereocenters. The summed E-state index contributed by atoms with van der Waals surface area (Å²) in [6.07, 6.45) is 5.34. The maximum Gasteiger partial charge on any atom is 0.409 e. The summed E-state index contributed by atoms with van der Waals surface area (Å²) < 4.78 is 5.17. The highest BCUT2D eigenvalue weighted by atomic mass is 16.5. The maximum atomic E-state index is 12.6. The lowest BCUT2D eigenvalue weighted by atomic mass is 9.73. The van der Waals surface area contributed by atoms with Crippen LogP contribution in [0, 0.1) is 5.92 Å². The molecule has 1 saturated heterocycles. The van der Waals surface area contributed by atoms with Crippen LogP contribution >= 0.6 is 0 Å². The van der Waals surface area contributed by atoms with E-state index in [1.165, 1.54) is 43.1 Å². The first-order chi connectivity index (χ1) is 12.8. The number of fused-ring (bicyclic) bond motifs is 3. The monoisotopic (exact) mass is 349 g/mol. The van der Waals surface area contributed by atoms with Crippen LogP contribution in [0.4, 0.5) is 4.79 Å². The standard InChI is InChI=1S/C23H27NO2/c1-26-23(25)24-16-22-19(12-11-18-9-5-6-10-21(18)22)13-14-20(24)15-17-7-3-2-4-8-17/h2-10,19-20,22H,11-16H2,1H3/t19-,20?,22+/m1/s1. The lowest BCUT2D eigenvalue weighted by molar-refractivity contribution is 0.102. The van der Waals surface area contributed by atoms with E-state index in [0.717, 1.165) is 19.4 Å². The van der Waals surface area contributed by atoms with Gasteiger partial charge in [-0.15, -0.1) is 0 Å². The Hall–Kier alpha value is -2.29. The molecule has 0 N–H and O–H groups in total. The van der Waals surface area contributed by atoms with Gasteiger partial charge in [0.05, 0.1) is 7.11 Å². The molecule has 0 saturated carbocycles. The van der Waals surface area contributed by atoms with Crippen molar-refractivity contribution in [2.45, 2.75) is 44.1 Å². The minimum absolute atomic E-state index is 0.186. The van der Waals surface area contributed by atoms with Gasteiger partial charge >= 0.3 is 6.09 Å². The first-order valence-corrected chi connectivity index (χ1v) is 9.72. The molecule has 1 aliphatic carbocycles. The molecule has 1 aliphatic heterocycles. The molecule has 1 fully saturated rings. The highest BCUT2D eigenvalue weighted by Gasteiger charge is 2.38. The maximum absolute atomic E-state index is 12.6. The van der Waals surface area contributed by atoms with E-state index in [2.05, 4.69) is 48.5 Å². The highest BCUT2D eigenvalue weighted by molar-refractivity contribution is 5.68. The van der Waals surface area contributed by atoms with Crippen LogP contribution < -0.4 is 0 Å². The van der Waals surface area contributed by atoms with Crippen molar-refractivity contribution in [2.24, 2.45) is 5.92 Å². The van der Waals surface area contributed by atoms with E-state index >= 15 is 0 Å². The van der Waals surface area contributed by atoms with Crippen LogP contribution in [-0.4, -0.2) is 30.7 Å². The van der Waals surface area contributed by atoms with Crippen molar-refractivity contribution in [2.75, 3.05) is 13.7 Å². The number of methoxy groups -OCH3 is 1. The van der Waals surface area contributed by atoms with E-state index < -0.39 is 0 Å². The molecule has 2 aliphatic rings. The third kappa shape index (κ3) is 3.35. The van der Waals surface area contributed by atoms with Crippen molar-refractivity contribution < 1.29 is 9.53 Å². The van der Waals surface area contributed by atoms with Crippen LogP contribution in [0.25, 0.3) is 0 Å². The van der Waals surface area contributed by atoms with E-state index in [1.54, 1.807) is 0 Å². The second kappa shape index (κ2) is 7.53.